The van der Waals surface area contributed by atoms with Crippen molar-refractivity contribution in [2.45, 2.75) is 38.5 Å². The maximum atomic E-state index is 13.3. The van der Waals surface area contributed by atoms with E-state index in [1.54, 1.807) is 6.07 Å². The average Bonchev–Trinajstić information content (AvgIpc) is 3.31. The van der Waals surface area contributed by atoms with E-state index in [2.05, 4.69) is 17.1 Å². The van der Waals surface area contributed by atoms with Gasteiger partial charge in [0.15, 0.2) is 0 Å². The van der Waals surface area contributed by atoms with Crippen LogP contribution >= 0.6 is 11.3 Å². The number of hydrogen-bond donors (Lipinski definition) is 1. The highest BCUT2D eigenvalue weighted by molar-refractivity contribution is 7.17. The third kappa shape index (κ3) is 4.43. The van der Waals surface area contributed by atoms with Gasteiger partial charge in [-0.25, -0.2) is 4.39 Å². The highest BCUT2D eigenvalue weighted by atomic mass is 32.1. The van der Waals surface area contributed by atoms with E-state index in [4.69, 9.17) is 4.74 Å². The van der Waals surface area contributed by atoms with E-state index in [0.717, 1.165) is 39.7 Å². The summed E-state index contributed by atoms with van der Waals surface area (Å²) in [6.45, 7) is 4.86. The van der Waals surface area contributed by atoms with Crippen molar-refractivity contribution in [1.82, 2.24) is 10.2 Å². The van der Waals surface area contributed by atoms with Gasteiger partial charge in [-0.2, -0.15) is 0 Å². The molecule has 2 aromatic carbocycles. The van der Waals surface area contributed by atoms with Crippen molar-refractivity contribution < 1.29 is 13.9 Å². The van der Waals surface area contributed by atoms with Gasteiger partial charge in [0.2, 0.25) is 0 Å². The van der Waals surface area contributed by atoms with Gasteiger partial charge in [0.05, 0.1) is 4.88 Å². The third-order valence-electron chi connectivity index (χ3n) is 6.74. The van der Waals surface area contributed by atoms with Crippen LogP contribution in [0.1, 0.15) is 35.0 Å². The number of hydrogen-bond acceptors (Lipinski definition) is 4. The van der Waals surface area contributed by atoms with Crippen LogP contribution in [-0.2, 0) is 6.61 Å². The molecule has 4 nitrogen and oxygen atoms in total. The minimum Gasteiger partial charge on any atom is -0.489 e. The predicted octanol–water partition coefficient (Wildman–Crippen LogP) is 5.35. The number of halogens is 1. The number of carbonyl (C=O) groups excluding carboxylic acids is 1. The number of rotatable bonds is 6. The number of thiophene rings is 1. The molecular weight excluding hydrogens is 423 g/mol. The Labute approximate surface area is 192 Å². The Bertz CT molecular complexity index is 1090. The maximum Gasteiger partial charge on any atom is 0.261 e. The second kappa shape index (κ2) is 9.04. The number of piperidine rings is 3. The summed E-state index contributed by atoms with van der Waals surface area (Å²) in [5.41, 5.74) is 1.84. The number of carbonyl (C=O) groups is 1. The lowest BCUT2D eigenvalue weighted by atomic mass is 9.79. The molecule has 2 atom stereocenters. The first-order valence-electron chi connectivity index (χ1n) is 11.2. The second-order valence-electron chi connectivity index (χ2n) is 8.72. The van der Waals surface area contributed by atoms with Crippen LogP contribution in [0.5, 0.6) is 5.75 Å². The minimum absolute atomic E-state index is 0.0295. The van der Waals surface area contributed by atoms with Crippen molar-refractivity contribution in [2.75, 3.05) is 13.1 Å². The van der Waals surface area contributed by atoms with Gasteiger partial charge in [0.25, 0.3) is 5.91 Å². The summed E-state index contributed by atoms with van der Waals surface area (Å²) in [7, 11) is 0. The van der Waals surface area contributed by atoms with Gasteiger partial charge in [-0.15, -0.1) is 11.3 Å². The lowest BCUT2D eigenvalue weighted by Crippen LogP contribution is -2.62. The molecule has 0 spiro atoms. The molecule has 3 aromatic rings. The Morgan fingerprint density at radius 2 is 1.91 bits per heavy atom. The highest BCUT2D eigenvalue weighted by Crippen LogP contribution is 2.33. The van der Waals surface area contributed by atoms with Crippen molar-refractivity contribution in [2.24, 2.45) is 5.92 Å². The van der Waals surface area contributed by atoms with Crippen molar-refractivity contribution in [3.63, 3.8) is 0 Å². The third-order valence-corrected chi connectivity index (χ3v) is 7.87. The number of amides is 1. The molecule has 0 unspecified atom stereocenters. The Balaban J connectivity index is 1.21. The highest BCUT2D eigenvalue weighted by Gasteiger charge is 2.40. The first kappa shape index (κ1) is 21.2. The SMILES string of the molecule is C[C@H]1[C@H](NC(=O)c2ccc(-c3ccc(OCc4cccc(F)c4)cc3)s2)C2CCN1CC2. The molecule has 4 heterocycles. The normalized spacial score (nSPS) is 24.3. The van der Waals surface area contributed by atoms with E-state index < -0.39 is 0 Å². The van der Waals surface area contributed by atoms with Crippen LogP contribution in [0.4, 0.5) is 4.39 Å². The quantitative estimate of drug-likeness (QED) is 0.551. The Hall–Kier alpha value is -2.70. The molecule has 3 saturated heterocycles. The zero-order valence-corrected chi connectivity index (χ0v) is 18.9. The Morgan fingerprint density at radius 1 is 1.12 bits per heavy atom. The number of nitrogens with zero attached hydrogens (tertiary/aromatic N) is 1. The molecule has 6 heteroatoms. The van der Waals surface area contributed by atoms with Crippen molar-refractivity contribution in [3.05, 3.63) is 76.9 Å². The molecule has 0 aliphatic carbocycles. The van der Waals surface area contributed by atoms with E-state index in [0.29, 0.717) is 18.6 Å². The summed E-state index contributed by atoms with van der Waals surface area (Å²) in [6.07, 6.45) is 2.36. The van der Waals surface area contributed by atoms with E-state index in [-0.39, 0.29) is 17.8 Å². The number of fused-ring (bicyclic) bond motifs is 3. The van der Waals surface area contributed by atoms with E-state index in [1.165, 1.54) is 36.3 Å². The molecule has 0 saturated carbocycles. The predicted molar refractivity (Wildman–Crippen MR) is 126 cm³/mol. The van der Waals surface area contributed by atoms with Gasteiger partial charge >= 0.3 is 0 Å². The van der Waals surface area contributed by atoms with Gasteiger partial charge in [-0.05, 0) is 98.4 Å². The zero-order valence-electron chi connectivity index (χ0n) is 18.1. The fourth-order valence-corrected chi connectivity index (χ4v) is 5.81. The van der Waals surface area contributed by atoms with Crippen LogP contribution in [0.2, 0.25) is 0 Å². The minimum atomic E-state index is -0.262. The van der Waals surface area contributed by atoms with Gasteiger partial charge in [0, 0.05) is 17.0 Å². The van der Waals surface area contributed by atoms with E-state index in [1.807, 2.05) is 42.5 Å². The summed E-state index contributed by atoms with van der Waals surface area (Å²) in [5, 5.41) is 3.31. The Morgan fingerprint density at radius 3 is 2.62 bits per heavy atom. The second-order valence-corrected chi connectivity index (χ2v) is 9.80. The lowest BCUT2D eigenvalue weighted by molar-refractivity contribution is 0.0218. The van der Waals surface area contributed by atoms with Crippen LogP contribution in [0.25, 0.3) is 10.4 Å². The van der Waals surface area contributed by atoms with Crippen molar-refractivity contribution in [1.29, 1.82) is 0 Å². The summed E-state index contributed by atoms with van der Waals surface area (Å²) in [6, 6.07) is 18.8. The van der Waals surface area contributed by atoms with Gasteiger partial charge < -0.3 is 10.1 Å². The molecule has 32 heavy (non-hydrogen) atoms. The summed E-state index contributed by atoms with van der Waals surface area (Å²) < 4.78 is 19.1. The monoisotopic (exact) mass is 450 g/mol. The number of benzene rings is 2. The molecule has 1 aromatic heterocycles. The van der Waals surface area contributed by atoms with Crippen LogP contribution < -0.4 is 10.1 Å². The molecule has 3 fully saturated rings. The van der Waals surface area contributed by atoms with Crippen LogP contribution in [0.3, 0.4) is 0 Å². The molecule has 3 aliphatic heterocycles. The number of nitrogens with one attached hydrogen (secondary N) is 1. The maximum absolute atomic E-state index is 13.3. The molecule has 166 valence electrons. The molecule has 1 amide bonds. The van der Waals surface area contributed by atoms with Gasteiger partial charge in [-0.3, -0.25) is 9.69 Å². The zero-order chi connectivity index (χ0) is 22.1. The van der Waals surface area contributed by atoms with Crippen LogP contribution in [-0.4, -0.2) is 36.0 Å². The van der Waals surface area contributed by atoms with Crippen LogP contribution in [0, 0.1) is 11.7 Å². The molecular formula is C26H27FN2O2S. The topological polar surface area (TPSA) is 41.6 Å². The standard InChI is InChI=1S/C26H27FN2O2S/c1-17-25(20-11-13-29(17)14-12-20)28-26(30)24-10-9-23(32-24)19-5-7-22(8-6-19)31-16-18-3-2-4-21(27)15-18/h2-10,15,17,20,25H,11-14,16H2,1H3,(H,28,30)/t17-,25-/m0/s1. The first-order chi connectivity index (χ1) is 15.6. The van der Waals surface area contributed by atoms with E-state index >= 15 is 0 Å². The average molecular weight is 451 g/mol. The van der Waals surface area contributed by atoms with Gasteiger partial charge in [0.1, 0.15) is 18.2 Å². The molecule has 1 N–H and O–H groups in total. The van der Waals surface area contributed by atoms with Crippen molar-refractivity contribution in [3.8, 4) is 16.2 Å². The Kier molecular flexibility index (Phi) is 5.98. The molecule has 3 aliphatic rings. The van der Waals surface area contributed by atoms with Crippen molar-refractivity contribution >= 4 is 17.2 Å². The smallest absolute Gasteiger partial charge is 0.261 e. The lowest BCUT2D eigenvalue weighted by Gasteiger charge is -2.49. The first-order valence-corrected chi connectivity index (χ1v) is 12.0. The van der Waals surface area contributed by atoms with Crippen LogP contribution in [0.15, 0.2) is 60.7 Å². The molecule has 6 rings (SSSR count). The fraction of sp³-hybridized carbons (Fsp3) is 0.346. The summed E-state index contributed by atoms with van der Waals surface area (Å²) in [5.74, 6) is 1.09. The van der Waals surface area contributed by atoms with Gasteiger partial charge in [-0.1, -0.05) is 12.1 Å². The molecule has 2 bridgehead atoms. The summed E-state index contributed by atoms with van der Waals surface area (Å²) in [4.78, 5) is 17.2. The largest absolute Gasteiger partial charge is 0.489 e. The van der Waals surface area contributed by atoms with E-state index in [9.17, 15) is 9.18 Å². The molecule has 0 radical (unpaired) electrons. The fourth-order valence-electron chi connectivity index (χ4n) is 4.89. The number of ether oxygens (including phenoxy) is 1. The summed E-state index contributed by atoms with van der Waals surface area (Å²) >= 11 is 1.51.